The Morgan fingerprint density at radius 1 is 1.10 bits per heavy atom. The number of nitrogens with zero attached hydrogens (tertiary/aromatic N) is 2. The Morgan fingerprint density at radius 3 is 2.71 bits per heavy atom. The van der Waals surface area contributed by atoms with Gasteiger partial charge in [-0.25, -0.2) is 0 Å². The Morgan fingerprint density at radius 2 is 1.95 bits per heavy atom. The maximum Gasteiger partial charge on any atom is 0.138 e. The summed E-state index contributed by atoms with van der Waals surface area (Å²) in [5.41, 5.74) is 1.38. The normalized spacial score (nSPS) is 16.4. The van der Waals surface area contributed by atoms with Gasteiger partial charge in [-0.15, -0.1) is 11.3 Å². The van der Waals surface area contributed by atoms with Crippen molar-refractivity contribution in [3.05, 3.63) is 58.3 Å². The van der Waals surface area contributed by atoms with Crippen molar-refractivity contribution in [3.8, 4) is 0 Å². The smallest absolute Gasteiger partial charge is 0.138 e. The van der Waals surface area contributed by atoms with Crippen molar-refractivity contribution in [3.63, 3.8) is 0 Å². The van der Waals surface area contributed by atoms with E-state index in [9.17, 15) is 0 Å². The maximum atomic E-state index is 5.51. The van der Waals surface area contributed by atoms with Crippen molar-refractivity contribution in [2.45, 2.75) is 13.0 Å². The van der Waals surface area contributed by atoms with Gasteiger partial charge in [0.05, 0.1) is 12.5 Å². The van der Waals surface area contributed by atoms with Crippen molar-refractivity contribution in [2.75, 3.05) is 19.1 Å². The van der Waals surface area contributed by atoms with Gasteiger partial charge in [0.25, 0.3) is 0 Å². The Kier molecular flexibility index (Phi) is 5.30. The van der Waals surface area contributed by atoms with Crippen LogP contribution in [0.3, 0.4) is 0 Å². The van der Waals surface area contributed by atoms with Crippen LogP contribution in [0.5, 0.6) is 0 Å². The van der Waals surface area contributed by atoms with Gasteiger partial charge in [0.2, 0.25) is 0 Å². The molecule has 1 aromatic carbocycles. The van der Waals surface area contributed by atoms with Crippen LogP contribution in [0.25, 0.3) is 0 Å². The molecule has 0 N–H and O–H groups in total. The van der Waals surface area contributed by atoms with E-state index in [0.717, 1.165) is 36.4 Å². The first kappa shape index (κ1) is 15.0. The lowest BCUT2D eigenvalue weighted by Gasteiger charge is -2.36. The second-order valence-electron chi connectivity index (χ2n) is 5.09. The number of thiocarbonyl (C=S) groups is 1. The number of hydrogen-bond donors (Lipinski definition) is 0. The number of rotatable bonds is 5. The summed E-state index contributed by atoms with van der Waals surface area (Å²) in [6, 6.07) is 15.0. The molecule has 0 aliphatic carbocycles. The molecular weight excluding hydrogens is 316 g/mol. The summed E-state index contributed by atoms with van der Waals surface area (Å²) in [5.74, 6) is 0.999. The van der Waals surface area contributed by atoms with E-state index in [1.54, 1.807) is 11.8 Å². The first-order valence-electron chi connectivity index (χ1n) is 7.01. The molecule has 2 heterocycles. The second kappa shape index (κ2) is 7.40. The first-order valence-corrected chi connectivity index (χ1v) is 9.29. The molecule has 0 atom stereocenters. The van der Waals surface area contributed by atoms with Crippen LogP contribution in [-0.4, -0.2) is 33.2 Å². The van der Waals surface area contributed by atoms with E-state index in [1.165, 1.54) is 10.4 Å². The van der Waals surface area contributed by atoms with Gasteiger partial charge in [0, 0.05) is 18.0 Å². The largest absolute Gasteiger partial charge is 0.344 e. The Bertz CT molecular complexity index is 568. The molecule has 2 aromatic rings. The van der Waals surface area contributed by atoms with Gasteiger partial charge >= 0.3 is 0 Å². The molecule has 1 aliphatic rings. The third-order valence-electron chi connectivity index (χ3n) is 3.47. The topological polar surface area (TPSA) is 6.48 Å². The zero-order chi connectivity index (χ0) is 14.5. The minimum absolute atomic E-state index is 0.941. The SMILES string of the molecule is S=C1SCN(Cc2cccs2)CN1CCc1ccccc1. The van der Waals surface area contributed by atoms with Gasteiger partial charge in [0.1, 0.15) is 4.32 Å². The molecule has 110 valence electrons. The second-order valence-corrected chi connectivity index (χ2v) is 7.70. The Hall–Kier alpha value is -0.880. The molecule has 1 fully saturated rings. The van der Waals surface area contributed by atoms with Gasteiger partial charge in [-0.2, -0.15) is 0 Å². The molecule has 1 saturated heterocycles. The zero-order valence-electron chi connectivity index (χ0n) is 11.8. The fourth-order valence-corrected chi connectivity index (χ4v) is 4.22. The van der Waals surface area contributed by atoms with E-state index in [1.807, 2.05) is 11.3 Å². The van der Waals surface area contributed by atoms with Crippen LogP contribution in [0.15, 0.2) is 47.8 Å². The lowest BCUT2D eigenvalue weighted by molar-refractivity contribution is 0.208. The van der Waals surface area contributed by atoms with Crippen LogP contribution in [0.1, 0.15) is 10.4 Å². The fourth-order valence-electron chi connectivity index (χ4n) is 2.37. The van der Waals surface area contributed by atoms with Crippen molar-refractivity contribution >= 4 is 39.6 Å². The highest BCUT2D eigenvalue weighted by Gasteiger charge is 2.21. The third-order valence-corrected chi connectivity index (χ3v) is 5.94. The summed E-state index contributed by atoms with van der Waals surface area (Å²) in [4.78, 5) is 6.20. The third kappa shape index (κ3) is 4.30. The van der Waals surface area contributed by atoms with Crippen molar-refractivity contribution in [1.29, 1.82) is 0 Å². The molecule has 21 heavy (non-hydrogen) atoms. The monoisotopic (exact) mass is 334 g/mol. The lowest BCUT2D eigenvalue weighted by Crippen LogP contribution is -2.45. The first-order chi connectivity index (χ1) is 10.3. The van der Waals surface area contributed by atoms with Crippen molar-refractivity contribution in [2.24, 2.45) is 0 Å². The average Bonchev–Trinajstić information content (AvgIpc) is 3.02. The van der Waals surface area contributed by atoms with Crippen LogP contribution in [0.2, 0.25) is 0 Å². The Balaban J connectivity index is 1.55. The summed E-state index contributed by atoms with van der Waals surface area (Å²) in [6.45, 7) is 2.96. The van der Waals surface area contributed by atoms with E-state index >= 15 is 0 Å². The van der Waals surface area contributed by atoms with Gasteiger partial charge < -0.3 is 4.90 Å². The molecule has 0 spiro atoms. The molecule has 0 bridgehead atoms. The van der Waals surface area contributed by atoms with E-state index in [0.29, 0.717) is 0 Å². The molecule has 3 rings (SSSR count). The molecule has 0 unspecified atom stereocenters. The highest BCUT2D eigenvalue weighted by Crippen LogP contribution is 2.22. The molecule has 5 heteroatoms. The molecule has 1 aromatic heterocycles. The highest BCUT2D eigenvalue weighted by atomic mass is 32.2. The van der Waals surface area contributed by atoms with Gasteiger partial charge in [0.15, 0.2) is 0 Å². The van der Waals surface area contributed by atoms with E-state index in [-0.39, 0.29) is 0 Å². The number of thioether (sulfide) groups is 1. The van der Waals surface area contributed by atoms with Crippen molar-refractivity contribution < 1.29 is 0 Å². The van der Waals surface area contributed by atoms with Crippen LogP contribution in [0.4, 0.5) is 0 Å². The summed E-state index contributed by atoms with van der Waals surface area (Å²) in [7, 11) is 0. The van der Waals surface area contributed by atoms with Crippen molar-refractivity contribution in [1.82, 2.24) is 9.80 Å². The van der Waals surface area contributed by atoms with E-state index < -0.39 is 0 Å². The maximum absolute atomic E-state index is 5.51. The molecule has 0 radical (unpaired) electrons. The summed E-state index contributed by atoms with van der Waals surface area (Å²) in [6.07, 6.45) is 1.05. The van der Waals surface area contributed by atoms with Crippen LogP contribution in [0, 0.1) is 0 Å². The number of hydrogen-bond acceptors (Lipinski definition) is 4. The standard InChI is InChI=1S/C16H18N2S3/c19-16-18(9-8-14-5-2-1-3-6-14)12-17(13-21-16)11-15-7-4-10-20-15/h1-7,10H,8-9,11-13H2. The summed E-state index contributed by atoms with van der Waals surface area (Å²) < 4.78 is 1.04. The zero-order valence-corrected chi connectivity index (χ0v) is 14.2. The van der Waals surface area contributed by atoms with Gasteiger partial charge in [-0.05, 0) is 23.4 Å². The van der Waals surface area contributed by atoms with E-state index in [4.69, 9.17) is 12.2 Å². The minimum Gasteiger partial charge on any atom is -0.344 e. The van der Waals surface area contributed by atoms with Gasteiger partial charge in [-0.3, -0.25) is 4.90 Å². The van der Waals surface area contributed by atoms with Crippen LogP contribution in [-0.2, 0) is 13.0 Å². The number of thiophene rings is 1. The Labute approximate surface area is 139 Å². The quantitative estimate of drug-likeness (QED) is 0.761. The van der Waals surface area contributed by atoms with Gasteiger partial charge in [-0.1, -0.05) is 60.4 Å². The molecule has 1 aliphatic heterocycles. The fraction of sp³-hybridized carbons (Fsp3) is 0.312. The van der Waals surface area contributed by atoms with Crippen LogP contribution < -0.4 is 0 Å². The summed E-state index contributed by atoms with van der Waals surface area (Å²) >= 11 is 9.11. The predicted octanol–water partition coefficient (Wildman–Crippen LogP) is 4.04. The number of benzene rings is 1. The molecule has 0 amide bonds. The predicted molar refractivity (Wildman–Crippen MR) is 96.6 cm³/mol. The molecule has 0 saturated carbocycles. The van der Waals surface area contributed by atoms with Crippen LogP contribution >= 0.6 is 35.3 Å². The highest BCUT2D eigenvalue weighted by molar-refractivity contribution is 8.22. The van der Waals surface area contributed by atoms with E-state index in [2.05, 4.69) is 57.6 Å². The summed E-state index contributed by atoms with van der Waals surface area (Å²) in [5, 5.41) is 2.14. The average molecular weight is 335 g/mol. The minimum atomic E-state index is 0.941. The molecule has 2 nitrogen and oxygen atoms in total. The lowest BCUT2D eigenvalue weighted by atomic mass is 10.1. The molecular formula is C16H18N2S3.